The molecule has 6 heteroatoms. The van der Waals surface area contributed by atoms with Crippen molar-refractivity contribution in [2.75, 3.05) is 0 Å². The van der Waals surface area contributed by atoms with E-state index in [1.165, 1.54) is 24.3 Å². The Morgan fingerprint density at radius 1 is 0.643 bits per heavy atom. The van der Waals surface area contributed by atoms with E-state index in [0.717, 1.165) is 5.56 Å². The molecule has 0 spiro atoms. The van der Waals surface area contributed by atoms with Gasteiger partial charge in [0.25, 0.3) is 0 Å². The van der Waals surface area contributed by atoms with Crippen molar-refractivity contribution >= 4 is 19.7 Å². The van der Waals surface area contributed by atoms with Crippen LogP contribution in [0.1, 0.15) is 24.0 Å². The highest BCUT2D eigenvalue weighted by atomic mass is 32.3. The van der Waals surface area contributed by atoms with Gasteiger partial charge in [0.05, 0.1) is 9.79 Å². The molecule has 3 aromatic rings. The molecule has 28 heavy (non-hydrogen) atoms. The largest absolute Gasteiger partial charge is 0.223 e. The third-order valence-corrected chi connectivity index (χ3v) is 9.51. The summed E-state index contributed by atoms with van der Waals surface area (Å²) in [7, 11) is -8.48. The summed E-state index contributed by atoms with van der Waals surface area (Å²) >= 11 is 0. The fourth-order valence-corrected chi connectivity index (χ4v) is 7.65. The summed E-state index contributed by atoms with van der Waals surface area (Å²) in [6, 6.07) is 22.6. The summed E-state index contributed by atoms with van der Waals surface area (Å²) < 4.78 is 53.3. The van der Waals surface area contributed by atoms with Crippen LogP contribution < -0.4 is 0 Å². The van der Waals surface area contributed by atoms with Crippen molar-refractivity contribution in [2.24, 2.45) is 0 Å². The Balaban J connectivity index is 2.25. The van der Waals surface area contributed by atoms with Gasteiger partial charge in [-0.2, -0.15) is 0 Å². The van der Waals surface area contributed by atoms with Gasteiger partial charge in [-0.05, 0) is 42.3 Å². The molecule has 0 aliphatic carbocycles. The van der Waals surface area contributed by atoms with Gasteiger partial charge in [0.2, 0.25) is 24.3 Å². The average molecular weight is 414 g/mol. The Bertz CT molecular complexity index is 1080. The van der Waals surface area contributed by atoms with Crippen molar-refractivity contribution < 1.29 is 16.8 Å². The third-order valence-electron chi connectivity index (χ3n) is 4.65. The molecule has 0 aliphatic heterocycles. The van der Waals surface area contributed by atoms with Gasteiger partial charge in [0.1, 0.15) is 0 Å². The molecule has 0 saturated carbocycles. The Morgan fingerprint density at radius 2 is 1.04 bits per heavy atom. The van der Waals surface area contributed by atoms with E-state index < -0.39 is 30.2 Å². The quantitative estimate of drug-likeness (QED) is 0.595. The van der Waals surface area contributed by atoms with Gasteiger partial charge >= 0.3 is 0 Å². The summed E-state index contributed by atoms with van der Waals surface area (Å²) in [5, 5.41) is 0. The normalized spacial score (nSPS) is 13.4. The SMILES string of the molecule is Cc1ccccc1C(C)[C](S(=O)(=O)c1ccccc1)S(=O)(=O)c1ccccc1. The van der Waals surface area contributed by atoms with Crippen LogP contribution in [0.5, 0.6) is 0 Å². The van der Waals surface area contributed by atoms with E-state index in [0.29, 0.717) is 5.56 Å². The third kappa shape index (κ3) is 3.75. The van der Waals surface area contributed by atoms with Crippen molar-refractivity contribution in [1.29, 1.82) is 0 Å². The second kappa shape index (κ2) is 7.89. The molecule has 0 bridgehead atoms. The minimum Gasteiger partial charge on any atom is -0.222 e. The highest BCUT2D eigenvalue weighted by molar-refractivity contribution is 8.12. The monoisotopic (exact) mass is 413 g/mol. The van der Waals surface area contributed by atoms with E-state index in [1.807, 2.05) is 19.1 Å². The van der Waals surface area contributed by atoms with Crippen molar-refractivity contribution in [2.45, 2.75) is 29.6 Å². The van der Waals surface area contributed by atoms with Gasteiger partial charge < -0.3 is 0 Å². The number of benzene rings is 3. The zero-order valence-corrected chi connectivity index (χ0v) is 17.2. The molecular formula is C22H21O4S2. The number of rotatable bonds is 6. The van der Waals surface area contributed by atoms with Crippen LogP contribution in [0, 0.1) is 11.5 Å². The van der Waals surface area contributed by atoms with E-state index in [-0.39, 0.29) is 9.79 Å². The minimum absolute atomic E-state index is 0.0371. The van der Waals surface area contributed by atoms with Crippen LogP contribution in [0.2, 0.25) is 0 Å². The van der Waals surface area contributed by atoms with Crippen LogP contribution >= 0.6 is 0 Å². The number of sulfone groups is 2. The van der Waals surface area contributed by atoms with Gasteiger partial charge in [-0.15, -0.1) is 0 Å². The Morgan fingerprint density at radius 3 is 1.46 bits per heavy atom. The Kier molecular flexibility index (Phi) is 5.72. The molecule has 0 aromatic heterocycles. The van der Waals surface area contributed by atoms with Gasteiger partial charge in [0, 0.05) is 5.92 Å². The molecule has 4 nitrogen and oxygen atoms in total. The molecular weight excluding hydrogens is 392 g/mol. The van der Waals surface area contributed by atoms with Crippen molar-refractivity contribution in [3.05, 3.63) is 101 Å². The molecule has 145 valence electrons. The Hall–Kier alpha value is -2.44. The lowest BCUT2D eigenvalue weighted by molar-refractivity contribution is 0.580. The summed E-state index contributed by atoms with van der Waals surface area (Å²) in [6.07, 6.45) is 0. The molecule has 1 unspecified atom stereocenters. The van der Waals surface area contributed by atoms with Crippen molar-refractivity contribution in [3.63, 3.8) is 0 Å². The molecule has 3 aromatic carbocycles. The highest BCUT2D eigenvalue weighted by Crippen LogP contribution is 2.42. The van der Waals surface area contributed by atoms with Gasteiger partial charge in [-0.1, -0.05) is 67.6 Å². The molecule has 0 N–H and O–H groups in total. The van der Waals surface area contributed by atoms with E-state index in [4.69, 9.17) is 0 Å². The lowest BCUT2D eigenvalue weighted by Gasteiger charge is -2.24. The zero-order chi connectivity index (χ0) is 20.4. The van der Waals surface area contributed by atoms with Crippen LogP contribution in [0.4, 0.5) is 0 Å². The smallest absolute Gasteiger partial charge is 0.222 e. The molecule has 1 atom stereocenters. The Labute approximate surface area is 166 Å². The summed E-state index contributed by atoms with van der Waals surface area (Å²) in [5.41, 5.74) is 1.50. The van der Waals surface area contributed by atoms with Crippen LogP contribution in [0.15, 0.2) is 94.7 Å². The number of hydrogen-bond acceptors (Lipinski definition) is 4. The zero-order valence-electron chi connectivity index (χ0n) is 15.6. The topological polar surface area (TPSA) is 68.3 Å². The first-order chi connectivity index (χ1) is 13.3. The lowest BCUT2D eigenvalue weighted by atomic mass is 9.98. The maximum Gasteiger partial charge on any atom is 0.223 e. The number of aryl methyl sites for hydroxylation is 1. The second-order valence-electron chi connectivity index (χ2n) is 6.53. The number of hydrogen-bond donors (Lipinski definition) is 0. The van der Waals surface area contributed by atoms with Crippen LogP contribution in [-0.2, 0) is 19.7 Å². The first-order valence-corrected chi connectivity index (χ1v) is 11.8. The maximum atomic E-state index is 13.5. The van der Waals surface area contributed by atoms with Crippen molar-refractivity contribution in [1.82, 2.24) is 0 Å². The first-order valence-electron chi connectivity index (χ1n) is 8.79. The van der Waals surface area contributed by atoms with Gasteiger partial charge in [-0.3, -0.25) is 0 Å². The van der Waals surface area contributed by atoms with E-state index in [1.54, 1.807) is 55.5 Å². The molecule has 1 radical (unpaired) electrons. The molecule has 3 rings (SSSR count). The van der Waals surface area contributed by atoms with Gasteiger partial charge in [-0.25, -0.2) is 16.8 Å². The van der Waals surface area contributed by atoms with Crippen molar-refractivity contribution in [3.8, 4) is 0 Å². The first kappa shape index (κ1) is 20.3. The average Bonchev–Trinajstić information content (AvgIpc) is 2.69. The maximum absolute atomic E-state index is 13.5. The summed E-state index contributed by atoms with van der Waals surface area (Å²) in [5.74, 6) is -0.836. The molecule has 0 aliphatic rings. The fraction of sp³-hybridized carbons (Fsp3) is 0.136. The summed E-state index contributed by atoms with van der Waals surface area (Å²) in [4.78, 5) is -0.0742. The van der Waals surface area contributed by atoms with E-state index in [9.17, 15) is 16.8 Å². The van der Waals surface area contributed by atoms with Crippen LogP contribution in [0.25, 0.3) is 0 Å². The summed E-state index contributed by atoms with van der Waals surface area (Å²) in [6.45, 7) is 3.46. The fourth-order valence-electron chi connectivity index (χ4n) is 3.24. The molecule has 0 saturated heterocycles. The van der Waals surface area contributed by atoms with E-state index >= 15 is 0 Å². The minimum atomic E-state index is -4.24. The second-order valence-corrected chi connectivity index (χ2v) is 10.6. The highest BCUT2D eigenvalue weighted by Gasteiger charge is 2.46. The van der Waals surface area contributed by atoms with Crippen LogP contribution in [0.3, 0.4) is 0 Å². The van der Waals surface area contributed by atoms with Gasteiger partial charge in [0.15, 0.2) is 0 Å². The molecule has 0 amide bonds. The van der Waals surface area contributed by atoms with Crippen LogP contribution in [-0.4, -0.2) is 16.8 Å². The predicted octanol–water partition coefficient (Wildman–Crippen LogP) is 4.54. The lowest BCUT2D eigenvalue weighted by Crippen LogP contribution is -2.28. The standard InChI is InChI=1S/C22H21O4S2/c1-17-11-9-10-16-21(17)18(2)22(27(23,24)19-12-5-3-6-13-19)28(25,26)20-14-7-4-8-15-20/h3-16,18H,1-2H3. The predicted molar refractivity (Wildman–Crippen MR) is 110 cm³/mol. The van der Waals surface area contributed by atoms with E-state index in [2.05, 4.69) is 0 Å². The molecule has 0 heterocycles. The molecule has 0 fully saturated rings.